The predicted molar refractivity (Wildman–Crippen MR) is 206 cm³/mol. The first kappa shape index (κ1) is 35.9. The highest BCUT2D eigenvalue weighted by molar-refractivity contribution is 5.90. The molecule has 14 heteroatoms. The van der Waals surface area contributed by atoms with Gasteiger partial charge in [-0.3, -0.25) is 19.2 Å². The van der Waals surface area contributed by atoms with Crippen LogP contribution >= 0.6 is 0 Å². The lowest BCUT2D eigenvalue weighted by Gasteiger charge is -2.28. The molecule has 4 amide bonds. The quantitative estimate of drug-likeness (QED) is 0.117. The van der Waals surface area contributed by atoms with Crippen molar-refractivity contribution in [3.05, 3.63) is 72.6 Å². The molecule has 4 aliphatic rings. The van der Waals surface area contributed by atoms with Gasteiger partial charge in [-0.05, 0) is 93.0 Å². The number of imidazole rings is 2. The summed E-state index contributed by atoms with van der Waals surface area (Å²) >= 11 is 0. The van der Waals surface area contributed by atoms with Gasteiger partial charge in [-0.25, -0.2) is 9.97 Å². The molecule has 5 aromatic rings. The molecular weight excluding hydrogens is 713 g/mol. The second kappa shape index (κ2) is 14.7. The molecule has 2 aliphatic carbocycles. The van der Waals surface area contributed by atoms with E-state index in [1.165, 1.54) is 6.92 Å². The number of aromatic nitrogens is 4. The lowest BCUT2D eigenvalue weighted by Crippen LogP contribution is -2.50. The normalized spacial score (nSPS) is 20.7. The average Bonchev–Trinajstić information content (AvgIpc) is 3.80. The van der Waals surface area contributed by atoms with E-state index >= 15 is 0 Å². The minimum Gasteiger partial charge on any atom is -0.456 e. The Labute approximate surface area is 323 Å². The van der Waals surface area contributed by atoms with E-state index in [1.54, 1.807) is 6.20 Å². The molecule has 9 rings (SSSR count). The van der Waals surface area contributed by atoms with Gasteiger partial charge in [-0.1, -0.05) is 24.3 Å². The van der Waals surface area contributed by atoms with Crippen LogP contribution in [0, 0.1) is 11.8 Å². The van der Waals surface area contributed by atoms with Gasteiger partial charge in [0.1, 0.15) is 41.7 Å². The number of nitrogens with one attached hydrogen (secondary N) is 4. The Morgan fingerprint density at radius 3 is 1.84 bits per heavy atom. The molecule has 290 valence electrons. The Balaban J connectivity index is 0.877. The molecule has 2 aromatic carbocycles. The summed E-state index contributed by atoms with van der Waals surface area (Å²) in [5.74, 6) is 1.68. The van der Waals surface area contributed by atoms with Crippen LogP contribution in [-0.2, 0) is 19.2 Å². The zero-order valence-electron chi connectivity index (χ0n) is 31.3. The van der Waals surface area contributed by atoms with Gasteiger partial charge >= 0.3 is 0 Å². The van der Waals surface area contributed by atoms with Crippen molar-refractivity contribution in [2.45, 2.75) is 82.5 Å². The van der Waals surface area contributed by atoms with Crippen molar-refractivity contribution in [1.29, 1.82) is 0 Å². The third-order valence-corrected chi connectivity index (χ3v) is 11.7. The van der Waals surface area contributed by atoms with E-state index in [2.05, 4.69) is 26.7 Å². The third kappa shape index (κ3) is 7.09. The molecule has 5 N–H and O–H groups in total. The minimum atomic E-state index is -0.639. The molecule has 14 nitrogen and oxygen atoms in total. The standard InChI is InChI=1S/C42H46N8O6/c1-23(52)45-37(26-10-11-26)41(54)49-16-2-4-32(49)39-43-20-30(46-39)24-6-8-25(9-7-24)35-19-29-18-28(14-15-34(29)56-35)31-21-44-40(47-31)33-5-3-17-50(33)42(55)38(27-12-13-27)48-36(53)22-51/h6-9,14-15,18-21,26-27,32-33,37-38,51H,2-5,10-13,16-17,22H2,1H3,(H,43,46)(H,44,47)(H,45,52)(H,48,53)/t32-,33-,37-,38-/m0/s1. The van der Waals surface area contributed by atoms with Crippen molar-refractivity contribution in [1.82, 2.24) is 40.4 Å². The highest BCUT2D eigenvalue weighted by Gasteiger charge is 2.44. The minimum absolute atomic E-state index is 0.0184. The number of aliphatic hydroxyl groups excluding tert-OH is 1. The highest BCUT2D eigenvalue weighted by atomic mass is 16.3. The fourth-order valence-corrected chi connectivity index (χ4v) is 8.52. The Bertz CT molecular complexity index is 2280. The van der Waals surface area contributed by atoms with Gasteiger partial charge < -0.3 is 39.9 Å². The topological polar surface area (TPSA) is 190 Å². The number of carbonyl (C=O) groups is 4. The molecule has 2 saturated carbocycles. The molecule has 4 fully saturated rings. The number of H-pyrrole nitrogens is 2. The van der Waals surface area contributed by atoms with E-state index in [-0.39, 0.29) is 41.6 Å². The molecule has 2 saturated heterocycles. The van der Waals surface area contributed by atoms with Crippen LogP contribution in [0.2, 0.25) is 0 Å². The van der Waals surface area contributed by atoms with Crippen molar-refractivity contribution in [3.63, 3.8) is 0 Å². The number of aromatic amines is 2. The zero-order chi connectivity index (χ0) is 38.5. The van der Waals surface area contributed by atoms with E-state index < -0.39 is 24.6 Å². The van der Waals surface area contributed by atoms with E-state index in [1.807, 2.05) is 58.5 Å². The van der Waals surface area contributed by atoms with Gasteiger partial charge in [0.15, 0.2) is 0 Å². The number of rotatable bonds is 12. The Morgan fingerprint density at radius 2 is 1.29 bits per heavy atom. The molecule has 3 aromatic heterocycles. The van der Waals surface area contributed by atoms with E-state index in [4.69, 9.17) is 14.4 Å². The number of benzene rings is 2. The first-order valence-corrected chi connectivity index (χ1v) is 19.8. The maximum absolute atomic E-state index is 13.6. The average molecular weight is 759 g/mol. The second-order valence-electron chi connectivity index (χ2n) is 15.7. The van der Waals surface area contributed by atoms with Crippen molar-refractivity contribution in [2.24, 2.45) is 11.8 Å². The van der Waals surface area contributed by atoms with Gasteiger partial charge in [0.05, 0.1) is 35.9 Å². The van der Waals surface area contributed by atoms with Crippen LogP contribution in [0.25, 0.3) is 44.8 Å². The van der Waals surface area contributed by atoms with Crippen molar-refractivity contribution >= 4 is 34.6 Å². The second-order valence-corrected chi connectivity index (χ2v) is 15.7. The Morgan fingerprint density at radius 1 is 0.750 bits per heavy atom. The van der Waals surface area contributed by atoms with Crippen molar-refractivity contribution < 1.29 is 28.7 Å². The van der Waals surface area contributed by atoms with Crippen molar-refractivity contribution in [3.8, 4) is 33.8 Å². The van der Waals surface area contributed by atoms with Crippen LogP contribution in [-0.4, -0.2) is 90.3 Å². The zero-order valence-corrected chi connectivity index (χ0v) is 31.3. The Hall–Kier alpha value is -5.76. The molecule has 2 aliphatic heterocycles. The van der Waals surface area contributed by atoms with Crippen LogP contribution in [0.4, 0.5) is 0 Å². The fourth-order valence-electron chi connectivity index (χ4n) is 8.52. The molecule has 0 bridgehead atoms. The maximum atomic E-state index is 13.6. The lowest BCUT2D eigenvalue weighted by molar-refractivity contribution is -0.138. The molecule has 0 radical (unpaired) electrons. The number of amides is 4. The first-order valence-electron chi connectivity index (χ1n) is 19.8. The van der Waals surface area contributed by atoms with Gasteiger partial charge in [0.2, 0.25) is 23.6 Å². The van der Waals surface area contributed by atoms with Crippen LogP contribution in [0.5, 0.6) is 0 Å². The van der Waals surface area contributed by atoms with Crippen LogP contribution < -0.4 is 10.6 Å². The number of hydrogen-bond acceptors (Lipinski definition) is 8. The molecule has 0 unspecified atom stereocenters. The summed E-state index contributed by atoms with van der Waals surface area (Å²) in [4.78, 5) is 70.9. The summed E-state index contributed by atoms with van der Waals surface area (Å²) in [7, 11) is 0. The summed E-state index contributed by atoms with van der Waals surface area (Å²) < 4.78 is 6.27. The van der Waals surface area contributed by atoms with Crippen LogP contribution in [0.15, 0.2) is 65.3 Å². The predicted octanol–water partition coefficient (Wildman–Crippen LogP) is 5.01. The number of hydrogen-bond donors (Lipinski definition) is 5. The third-order valence-electron chi connectivity index (χ3n) is 11.7. The van der Waals surface area contributed by atoms with Crippen molar-refractivity contribution in [2.75, 3.05) is 19.7 Å². The van der Waals surface area contributed by atoms with Gasteiger partial charge in [-0.2, -0.15) is 0 Å². The van der Waals surface area contributed by atoms with E-state index in [0.717, 1.165) is 102 Å². The smallest absolute Gasteiger partial charge is 0.246 e. The number of carbonyl (C=O) groups excluding carboxylic acids is 4. The van der Waals surface area contributed by atoms with E-state index in [0.29, 0.717) is 18.9 Å². The number of fused-ring (bicyclic) bond motifs is 1. The monoisotopic (exact) mass is 758 g/mol. The summed E-state index contributed by atoms with van der Waals surface area (Å²) in [5.41, 5.74) is 5.29. The van der Waals surface area contributed by atoms with Crippen LogP contribution in [0.3, 0.4) is 0 Å². The molecule has 4 atom stereocenters. The van der Waals surface area contributed by atoms with Crippen LogP contribution in [0.1, 0.15) is 82.0 Å². The molecular formula is C42H46N8O6. The molecule has 5 heterocycles. The summed E-state index contributed by atoms with van der Waals surface area (Å²) in [5, 5.41) is 15.8. The van der Waals surface area contributed by atoms with E-state index in [9.17, 15) is 24.3 Å². The molecule has 0 spiro atoms. The number of aliphatic hydroxyl groups is 1. The number of nitrogens with zero attached hydrogens (tertiary/aromatic N) is 4. The summed E-state index contributed by atoms with van der Waals surface area (Å²) in [6.45, 7) is 2.07. The largest absolute Gasteiger partial charge is 0.456 e. The van der Waals surface area contributed by atoms with Gasteiger partial charge in [0, 0.05) is 36.5 Å². The fraction of sp³-hybridized carbons (Fsp3) is 0.429. The first-order chi connectivity index (χ1) is 27.2. The lowest BCUT2D eigenvalue weighted by atomic mass is 10.1. The maximum Gasteiger partial charge on any atom is 0.246 e. The summed E-state index contributed by atoms with van der Waals surface area (Å²) in [6, 6.07) is 14.7. The molecule has 56 heavy (non-hydrogen) atoms. The van der Waals surface area contributed by atoms with Gasteiger partial charge in [-0.15, -0.1) is 0 Å². The number of furan rings is 1. The SMILES string of the molecule is CC(=O)N[C@H](C(=O)N1CCC[C@H]1c1ncc(-c2ccc(-c3cc4cc(-c5cnc([C@@H]6CCCN6C(=O)[C@@H](NC(=O)CO)C6CC6)[nH]5)ccc4o3)cc2)[nH]1)C1CC1. The Kier molecular flexibility index (Phi) is 9.44. The van der Waals surface area contributed by atoms with Gasteiger partial charge in [0.25, 0.3) is 0 Å². The number of likely N-dealkylation sites (tertiary alicyclic amines) is 2. The highest BCUT2D eigenvalue weighted by Crippen LogP contribution is 2.40. The summed E-state index contributed by atoms with van der Waals surface area (Å²) in [6.07, 6.45) is 10.6.